The average Bonchev–Trinajstić information content (AvgIpc) is 3.06. The van der Waals surface area contributed by atoms with Crippen LogP contribution in [-0.2, 0) is 4.74 Å². The van der Waals surface area contributed by atoms with E-state index < -0.39 is 12.1 Å². The lowest BCUT2D eigenvalue weighted by atomic mass is 9.96. The SMILES string of the molecule is Cc1cc(C)c(C(=O)C(C)OC(=O)c2sc(-c3ccccn3)nc2C)cc1C. The summed E-state index contributed by atoms with van der Waals surface area (Å²) in [5.74, 6) is -0.749. The smallest absolute Gasteiger partial charge is 0.350 e. The molecule has 2 heterocycles. The molecule has 0 radical (unpaired) electrons. The molecule has 1 atom stereocenters. The number of ether oxygens (including phenoxy) is 1. The van der Waals surface area contributed by atoms with E-state index in [9.17, 15) is 9.59 Å². The lowest BCUT2D eigenvalue weighted by Gasteiger charge is -2.15. The van der Waals surface area contributed by atoms with Crippen molar-refractivity contribution in [1.29, 1.82) is 0 Å². The quantitative estimate of drug-likeness (QED) is 0.456. The van der Waals surface area contributed by atoms with Crippen LogP contribution in [-0.4, -0.2) is 27.8 Å². The molecule has 28 heavy (non-hydrogen) atoms. The predicted octanol–water partition coefficient (Wildman–Crippen LogP) is 4.87. The molecule has 1 unspecified atom stereocenters. The topological polar surface area (TPSA) is 69.2 Å². The molecular weight excluding hydrogens is 372 g/mol. The zero-order chi connectivity index (χ0) is 20.4. The maximum absolute atomic E-state index is 12.8. The zero-order valence-electron chi connectivity index (χ0n) is 16.6. The lowest BCUT2D eigenvalue weighted by Crippen LogP contribution is -2.25. The molecule has 0 aliphatic rings. The first kappa shape index (κ1) is 19.9. The Labute approximate surface area is 168 Å². The summed E-state index contributed by atoms with van der Waals surface area (Å²) in [7, 11) is 0. The van der Waals surface area contributed by atoms with Crippen LogP contribution in [0.3, 0.4) is 0 Å². The van der Waals surface area contributed by atoms with Crippen molar-refractivity contribution in [2.75, 3.05) is 0 Å². The highest BCUT2D eigenvalue weighted by atomic mass is 32.1. The number of Topliss-reactive ketones (excluding diaryl/α,β-unsaturated/α-hetero) is 1. The van der Waals surface area contributed by atoms with Crippen LogP contribution in [0.5, 0.6) is 0 Å². The summed E-state index contributed by atoms with van der Waals surface area (Å²) in [5.41, 5.74) is 4.88. The molecule has 0 saturated carbocycles. The first-order chi connectivity index (χ1) is 13.3. The number of hydrogen-bond acceptors (Lipinski definition) is 6. The first-order valence-corrected chi connectivity index (χ1v) is 9.81. The molecular formula is C22H22N2O3S. The van der Waals surface area contributed by atoms with Crippen molar-refractivity contribution in [3.05, 3.63) is 69.4 Å². The molecule has 1 aromatic carbocycles. The molecule has 5 nitrogen and oxygen atoms in total. The molecule has 144 valence electrons. The Morgan fingerprint density at radius 2 is 1.75 bits per heavy atom. The van der Waals surface area contributed by atoms with Crippen molar-refractivity contribution in [1.82, 2.24) is 9.97 Å². The second-order valence-electron chi connectivity index (χ2n) is 6.81. The van der Waals surface area contributed by atoms with E-state index >= 15 is 0 Å². The number of nitrogens with zero attached hydrogens (tertiary/aromatic N) is 2. The van der Waals surface area contributed by atoms with Crippen molar-refractivity contribution in [2.24, 2.45) is 0 Å². The molecule has 0 saturated heterocycles. The number of pyridine rings is 1. The van der Waals surface area contributed by atoms with Crippen LogP contribution in [0, 0.1) is 27.7 Å². The van der Waals surface area contributed by atoms with Gasteiger partial charge in [-0.05, 0) is 69.5 Å². The van der Waals surface area contributed by atoms with Gasteiger partial charge in [0.1, 0.15) is 9.88 Å². The van der Waals surface area contributed by atoms with E-state index in [1.165, 1.54) is 11.3 Å². The number of aryl methyl sites for hydroxylation is 4. The molecule has 3 aromatic rings. The second kappa shape index (κ2) is 8.02. The van der Waals surface area contributed by atoms with E-state index in [1.54, 1.807) is 20.0 Å². The Balaban J connectivity index is 1.79. The van der Waals surface area contributed by atoms with E-state index in [0.29, 0.717) is 26.8 Å². The molecule has 0 spiro atoms. The van der Waals surface area contributed by atoms with Gasteiger partial charge in [-0.25, -0.2) is 9.78 Å². The number of ketones is 1. The normalized spacial score (nSPS) is 11.9. The highest BCUT2D eigenvalue weighted by Crippen LogP contribution is 2.27. The van der Waals surface area contributed by atoms with Crippen molar-refractivity contribution in [3.8, 4) is 10.7 Å². The largest absolute Gasteiger partial charge is 0.450 e. The molecule has 2 aromatic heterocycles. The third-order valence-electron chi connectivity index (χ3n) is 4.63. The van der Waals surface area contributed by atoms with Gasteiger partial charge in [-0.15, -0.1) is 11.3 Å². The van der Waals surface area contributed by atoms with Gasteiger partial charge in [0.15, 0.2) is 6.10 Å². The maximum Gasteiger partial charge on any atom is 0.350 e. The van der Waals surface area contributed by atoms with Gasteiger partial charge < -0.3 is 4.74 Å². The van der Waals surface area contributed by atoms with Crippen molar-refractivity contribution < 1.29 is 14.3 Å². The van der Waals surface area contributed by atoms with E-state index in [2.05, 4.69) is 9.97 Å². The maximum atomic E-state index is 12.8. The van der Waals surface area contributed by atoms with Gasteiger partial charge in [0.2, 0.25) is 5.78 Å². The minimum atomic E-state index is -0.881. The Morgan fingerprint density at radius 1 is 1.04 bits per heavy atom. The van der Waals surface area contributed by atoms with E-state index in [1.807, 2.05) is 51.1 Å². The zero-order valence-corrected chi connectivity index (χ0v) is 17.4. The number of carbonyl (C=O) groups excluding carboxylic acids is 2. The molecule has 0 N–H and O–H groups in total. The monoisotopic (exact) mass is 394 g/mol. The third-order valence-corrected chi connectivity index (χ3v) is 5.79. The second-order valence-corrected chi connectivity index (χ2v) is 7.81. The molecule has 0 bridgehead atoms. The van der Waals surface area contributed by atoms with Gasteiger partial charge in [0, 0.05) is 11.8 Å². The summed E-state index contributed by atoms with van der Waals surface area (Å²) >= 11 is 1.22. The number of aromatic nitrogens is 2. The van der Waals surface area contributed by atoms with Crippen molar-refractivity contribution in [3.63, 3.8) is 0 Å². The number of thiazole rings is 1. The first-order valence-electron chi connectivity index (χ1n) is 8.99. The number of hydrogen-bond donors (Lipinski definition) is 0. The predicted molar refractivity (Wildman–Crippen MR) is 110 cm³/mol. The Bertz CT molecular complexity index is 1040. The summed E-state index contributed by atoms with van der Waals surface area (Å²) in [6.45, 7) is 9.21. The Morgan fingerprint density at radius 3 is 2.43 bits per heavy atom. The summed E-state index contributed by atoms with van der Waals surface area (Å²) < 4.78 is 5.47. The van der Waals surface area contributed by atoms with Crippen molar-refractivity contribution >= 4 is 23.1 Å². The standard InChI is InChI=1S/C22H22N2O3S/c1-12-10-14(3)17(11-13(12)2)19(25)16(5)27-22(26)20-15(4)24-21(28-20)18-8-6-7-9-23-18/h6-11,16H,1-5H3. The summed E-state index contributed by atoms with van der Waals surface area (Å²) in [4.78, 5) is 34.5. The van der Waals surface area contributed by atoms with Gasteiger partial charge in [-0.3, -0.25) is 9.78 Å². The lowest BCUT2D eigenvalue weighted by molar-refractivity contribution is 0.0322. The fourth-order valence-electron chi connectivity index (χ4n) is 2.90. The van der Waals surface area contributed by atoms with E-state index in [0.717, 1.165) is 16.7 Å². The van der Waals surface area contributed by atoms with Crippen LogP contribution < -0.4 is 0 Å². The van der Waals surface area contributed by atoms with Gasteiger partial charge in [0.05, 0.1) is 11.4 Å². The van der Waals surface area contributed by atoms with Crippen LogP contribution in [0.25, 0.3) is 10.7 Å². The Hall–Kier alpha value is -2.86. The molecule has 0 aliphatic heterocycles. The van der Waals surface area contributed by atoms with Gasteiger partial charge in [0.25, 0.3) is 0 Å². The van der Waals surface area contributed by atoms with Crippen LogP contribution in [0.4, 0.5) is 0 Å². The van der Waals surface area contributed by atoms with Gasteiger partial charge in [-0.1, -0.05) is 12.1 Å². The van der Waals surface area contributed by atoms with E-state index in [-0.39, 0.29) is 5.78 Å². The van der Waals surface area contributed by atoms with Crippen LogP contribution in [0.1, 0.15) is 49.3 Å². The summed E-state index contributed by atoms with van der Waals surface area (Å²) in [6.07, 6.45) is 0.796. The average molecular weight is 394 g/mol. The Kier molecular flexibility index (Phi) is 5.70. The fourth-order valence-corrected chi connectivity index (χ4v) is 3.82. The highest BCUT2D eigenvalue weighted by Gasteiger charge is 2.25. The molecule has 0 aliphatic carbocycles. The molecule has 6 heteroatoms. The molecule has 3 rings (SSSR count). The number of esters is 1. The minimum absolute atomic E-state index is 0.207. The third kappa shape index (κ3) is 4.02. The summed E-state index contributed by atoms with van der Waals surface area (Å²) in [5, 5.41) is 0.647. The van der Waals surface area contributed by atoms with Crippen LogP contribution in [0.2, 0.25) is 0 Å². The highest BCUT2D eigenvalue weighted by molar-refractivity contribution is 7.17. The minimum Gasteiger partial charge on any atom is -0.450 e. The van der Waals surface area contributed by atoms with Gasteiger partial charge >= 0.3 is 5.97 Å². The van der Waals surface area contributed by atoms with E-state index in [4.69, 9.17) is 4.74 Å². The molecule has 0 fully saturated rings. The van der Waals surface area contributed by atoms with Crippen molar-refractivity contribution in [2.45, 2.75) is 40.7 Å². The van der Waals surface area contributed by atoms with Gasteiger partial charge in [-0.2, -0.15) is 0 Å². The van der Waals surface area contributed by atoms with Crippen LogP contribution in [0.15, 0.2) is 36.5 Å². The summed E-state index contributed by atoms with van der Waals surface area (Å²) in [6, 6.07) is 9.35. The number of carbonyl (C=O) groups is 2. The number of rotatable bonds is 5. The van der Waals surface area contributed by atoms with Crippen LogP contribution >= 0.6 is 11.3 Å². The molecule has 0 amide bonds. The number of benzene rings is 1. The fraction of sp³-hybridized carbons (Fsp3) is 0.273.